The predicted octanol–water partition coefficient (Wildman–Crippen LogP) is 1.96. The molecule has 6 nitrogen and oxygen atoms in total. The average Bonchev–Trinajstić information content (AvgIpc) is 2.48. The summed E-state index contributed by atoms with van der Waals surface area (Å²) in [6.07, 6.45) is 7.73. The molecular weight excluding hydrogens is 256 g/mol. The van der Waals surface area contributed by atoms with Gasteiger partial charge < -0.3 is 10.2 Å². The zero-order valence-corrected chi connectivity index (χ0v) is 11.5. The van der Waals surface area contributed by atoms with Gasteiger partial charge in [-0.1, -0.05) is 0 Å². The third-order valence-electron chi connectivity index (χ3n) is 4.54. The summed E-state index contributed by atoms with van der Waals surface area (Å²) in [5.74, 6) is 0. The van der Waals surface area contributed by atoms with E-state index in [9.17, 15) is 10.1 Å². The first-order chi connectivity index (χ1) is 9.70. The number of hydrogen-bond acceptors (Lipinski definition) is 5. The van der Waals surface area contributed by atoms with Crippen molar-refractivity contribution < 1.29 is 4.92 Å². The van der Waals surface area contributed by atoms with Crippen LogP contribution in [0.2, 0.25) is 0 Å². The fourth-order valence-electron chi connectivity index (χ4n) is 3.58. The first-order valence-electron chi connectivity index (χ1n) is 7.24. The van der Waals surface area contributed by atoms with Gasteiger partial charge in [0.2, 0.25) is 0 Å². The summed E-state index contributed by atoms with van der Waals surface area (Å²) < 4.78 is 0. The van der Waals surface area contributed by atoms with Crippen LogP contribution in [0.15, 0.2) is 18.5 Å². The number of nitro groups is 1. The Morgan fingerprint density at radius 1 is 1.40 bits per heavy atom. The number of hydrogen-bond donors (Lipinski definition) is 1. The molecule has 0 radical (unpaired) electrons. The van der Waals surface area contributed by atoms with Crippen LogP contribution in [0.4, 0.5) is 11.4 Å². The van der Waals surface area contributed by atoms with Crippen LogP contribution in [0.25, 0.3) is 0 Å². The second-order valence-electron chi connectivity index (χ2n) is 5.93. The average molecular weight is 276 g/mol. The van der Waals surface area contributed by atoms with Crippen molar-refractivity contribution in [1.82, 2.24) is 10.3 Å². The molecule has 3 rings (SSSR count). The quantitative estimate of drug-likeness (QED) is 0.660. The number of aromatic nitrogens is 1. The van der Waals surface area contributed by atoms with E-state index in [1.165, 1.54) is 25.5 Å². The van der Waals surface area contributed by atoms with Gasteiger partial charge in [0.15, 0.2) is 0 Å². The minimum absolute atomic E-state index is 0.119. The predicted molar refractivity (Wildman–Crippen MR) is 76.9 cm³/mol. The molecule has 1 aromatic rings. The number of anilines is 1. The molecular formula is C14H20N4O2. The zero-order valence-electron chi connectivity index (χ0n) is 11.5. The Bertz CT molecular complexity index is 494. The summed E-state index contributed by atoms with van der Waals surface area (Å²) in [5.41, 5.74) is 1.12. The minimum Gasteiger partial charge on any atom is -0.365 e. The Kier molecular flexibility index (Phi) is 3.56. The van der Waals surface area contributed by atoms with Crippen LogP contribution in [-0.4, -0.2) is 36.1 Å². The first kappa shape index (κ1) is 13.3. The van der Waals surface area contributed by atoms with Gasteiger partial charge in [0.1, 0.15) is 11.9 Å². The van der Waals surface area contributed by atoms with E-state index in [4.69, 9.17) is 0 Å². The van der Waals surface area contributed by atoms with Crippen molar-refractivity contribution in [3.8, 4) is 0 Å². The molecule has 3 heterocycles. The smallest absolute Gasteiger partial charge is 0.310 e. The molecule has 1 atom stereocenters. The molecule has 2 aliphatic rings. The maximum Gasteiger partial charge on any atom is 0.310 e. The lowest BCUT2D eigenvalue weighted by Crippen LogP contribution is -2.51. The molecule has 108 valence electrons. The largest absolute Gasteiger partial charge is 0.365 e. The van der Waals surface area contributed by atoms with Gasteiger partial charge in [0.05, 0.1) is 4.92 Å². The monoisotopic (exact) mass is 276 g/mol. The summed E-state index contributed by atoms with van der Waals surface area (Å²) in [6, 6.07) is 1.77. The van der Waals surface area contributed by atoms with Crippen LogP contribution in [0.5, 0.6) is 0 Å². The highest BCUT2D eigenvalue weighted by Crippen LogP contribution is 2.39. The second-order valence-corrected chi connectivity index (χ2v) is 5.93. The molecule has 20 heavy (non-hydrogen) atoms. The van der Waals surface area contributed by atoms with E-state index in [0.717, 1.165) is 38.3 Å². The zero-order chi connectivity index (χ0) is 14.0. The van der Waals surface area contributed by atoms with Crippen molar-refractivity contribution in [3.05, 3.63) is 28.6 Å². The van der Waals surface area contributed by atoms with Crippen molar-refractivity contribution in [1.29, 1.82) is 0 Å². The molecule has 1 unspecified atom stereocenters. The SMILES string of the molecule is O=[N+]([O-])c1cnccc1N1CCCC2(CCCNC2)C1. The number of nitrogens with zero attached hydrogens (tertiary/aromatic N) is 3. The third kappa shape index (κ3) is 2.47. The van der Waals surface area contributed by atoms with Gasteiger partial charge in [-0.2, -0.15) is 0 Å². The van der Waals surface area contributed by atoms with E-state index in [-0.39, 0.29) is 16.0 Å². The normalized spacial score (nSPS) is 26.7. The number of nitrogens with one attached hydrogen (secondary N) is 1. The van der Waals surface area contributed by atoms with Gasteiger partial charge in [-0.3, -0.25) is 15.1 Å². The van der Waals surface area contributed by atoms with Crippen molar-refractivity contribution in [3.63, 3.8) is 0 Å². The van der Waals surface area contributed by atoms with Gasteiger partial charge in [-0.15, -0.1) is 0 Å². The van der Waals surface area contributed by atoms with Crippen LogP contribution < -0.4 is 10.2 Å². The molecule has 2 fully saturated rings. The van der Waals surface area contributed by atoms with Crippen molar-refractivity contribution in [2.24, 2.45) is 5.41 Å². The van der Waals surface area contributed by atoms with Gasteiger partial charge in [0.25, 0.3) is 0 Å². The highest BCUT2D eigenvalue weighted by Gasteiger charge is 2.37. The second kappa shape index (κ2) is 5.36. The minimum atomic E-state index is -0.331. The fourth-order valence-corrected chi connectivity index (χ4v) is 3.58. The molecule has 0 saturated carbocycles. The Balaban J connectivity index is 1.85. The van der Waals surface area contributed by atoms with E-state index in [2.05, 4.69) is 15.2 Å². The summed E-state index contributed by atoms with van der Waals surface area (Å²) in [5, 5.41) is 14.6. The summed E-state index contributed by atoms with van der Waals surface area (Å²) in [4.78, 5) is 16.9. The van der Waals surface area contributed by atoms with Gasteiger partial charge >= 0.3 is 5.69 Å². The molecule has 0 amide bonds. The van der Waals surface area contributed by atoms with E-state index < -0.39 is 0 Å². The van der Waals surface area contributed by atoms with Crippen molar-refractivity contribution >= 4 is 11.4 Å². The lowest BCUT2D eigenvalue weighted by atomic mass is 9.74. The van der Waals surface area contributed by atoms with E-state index in [1.807, 2.05) is 0 Å². The van der Waals surface area contributed by atoms with Gasteiger partial charge in [-0.25, -0.2) is 0 Å². The third-order valence-corrected chi connectivity index (χ3v) is 4.54. The number of pyridine rings is 1. The Hall–Kier alpha value is -1.69. The standard InChI is InChI=1S/C14H20N4O2/c19-18(20)13-9-15-7-3-12(13)17-8-2-5-14(11-17)4-1-6-16-10-14/h3,7,9,16H,1-2,4-6,8,10-11H2. The van der Waals surface area contributed by atoms with E-state index in [1.54, 1.807) is 12.3 Å². The van der Waals surface area contributed by atoms with Crippen LogP contribution in [0, 0.1) is 15.5 Å². The summed E-state index contributed by atoms with van der Waals surface area (Å²) in [7, 11) is 0. The maximum absolute atomic E-state index is 11.2. The number of rotatable bonds is 2. The molecule has 0 bridgehead atoms. The highest BCUT2D eigenvalue weighted by atomic mass is 16.6. The van der Waals surface area contributed by atoms with Crippen LogP contribution in [-0.2, 0) is 0 Å². The molecule has 6 heteroatoms. The Morgan fingerprint density at radius 2 is 2.25 bits per heavy atom. The summed E-state index contributed by atoms with van der Waals surface area (Å²) >= 11 is 0. The molecule has 1 aromatic heterocycles. The molecule has 2 aliphatic heterocycles. The van der Waals surface area contributed by atoms with Crippen molar-refractivity contribution in [2.45, 2.75) is 25.7 Å². The van der Waals surface area contributed by atoms with E-state index in [0.29, 0.717) is 0 Å². The first-order valence-corrected chi connectivity index (χ1v) is 7.24. The van der Waals surface area contributed by atoms with E-state index >= 15 is 0 Å². The molecule has 0 aliphatic carbocycles. The molecule has 2 saturated heterocycles. The van der Waals surface area contributed by atoms with Crippen molar-refractivity contribution in [2.75, 3.05) is 31.1 Å². The van der Waals surface area contributed by atoms with Gasteiger partial charge in [0, 0.05) is 31.2 Å². The van der Waals surface area contributed by atoms with Crippen LogP contribution in [0.3, 0.4) is 0 Å². The molecule has 1 spiro atoms. The topological polar surface area (TPSA) is 71.3 Å². The fraction of sp³-hybridized carbons (Fsp3) is 0.643. The number of piperidine rings is 2. The molecule has 0 aromatic carbocycles. The highest BCUT2D eigenvalue weighted by molar-refractivity contribution is 5.62. The maximum atomic E-state index is 11.2. The van der Waals surface area contributed by atoms with Crippen LogP contribution >= 0.6 is 0 Å². The summed E-state index contributed by atoms with van der Waals surface area (Å²) in [6.45, 7) is 3.93. The molecule has 1 N–H and O–H groups in total. The Morgan fingerprint density at radius 3 is 3.00 bits per heavy atom. The Labute approximate surface area is 118 Å². The lowest BCUT2D eigenvalue weighted by molar-refractivity contribution is -0.384. The lowest BCUT2D eigenvalue weighted by Gasteiger charge is -2.46. The van der Waals surface area contributed by atoms with Gasteiger partial charge in [-0.05, 0) is 38.3 Å². The van der Waals surface area contributed by atoms with Crippen LogP contribution in [0.1, 0.15) is 25.7 Å².